The number of aliphatic hydroxyl groups is 1. The summed E-state index contributed by atoms with van der Waals surface area (Å²) >= 11 is 0. The molecule has 2 rings (SSSR count). The number of nitrogens with zero attached hydrogens (tertiary/aromatic N) is 3. The van der Waals surface area contributed by atoms with Crippen molar-refractivity contribution in [3.8, 4) is 0 Å². The Labute approximate surface area is 88.3 Å². The Bertz CT molecular complexity index is 328. The maximum atomic E-state index is 9.67. The molecule has 0 bridgehead atoms. The van der Waals surface area contributed by atoms with Gasteiger partial charge in [-0.2, -0.15) is 0 Å². The molecular weight excluding hydrogens is 196 g/mol. The topological polar surface area (TPSA) is 74.4 Å². The third-order valence-electron chi connectivity index (χ3n) is 2.67. The molecule has 1 aliphatic rings. The molecule has 15 heavy (non-hydrogen) atoms. The molecule has 1 aromatic heterocycles. The lowest BCUT2D eigenvalue weighted by Gasteiger charge is -2.24. The van der Waals surface area contributed by atoms with Gasteiger partial charge >= 0.3 is 0 Å². The highest BCUT2D eigenvalue weighted by molar-refractivity contribution is 4.89. The number of hydrogen-bond donors (Lipinski definition) is 2. The number of aliphatic hydroxyl groups excluding tert-OH is 1. The van der Waals surface area contributed by atoms with Gasteiger partial charge in [0.2, 0.25) is 11.8 Å². The molecule has 0 unspecified atom stereocenters. The second kappa shape index (κ2) is 4.26. The van der Waals surface area contributed by atoms with E-state index >= 15 is 0 Å². The van der Waals surface area contributed by atoms with Crippen LogP contribution in [0.1, 0.15) is 11.8 Å². The van der Waals surface area contributed by atoms with Crippen LogP contribution in [0.5, 0.6) is 0 Å². The van der Waals surface area contributed by atoms with Gasteiger partial charge in [-0.15, -0.1) is 10.2 Å². The van der Waals surface area contributed by atoms with Crippen molar-refractivity contribution in [2.24, 2.45) is 0 Å². The van der Waals surface area contributed by atoms with Crippen molar-refractivity contribution in [3.63, 3.8) is 0 Å². The van der Waals surface area contributed by atoms with Gasteiger partial charge < -0.3 is 14.8 Å². The van der Waals surface area contributed by atoms with Gasteiger partial charge in [0.05, 0.1) is 12.6 Å². The summed E-state index contributed by atoms with van der Waals surface area (Å²) < 4.78 is 5.28. The van der Waals surface area contributed by atoms with Crippen LogP contribution in [0.2, 0.25) is 0 Å². The van der Waals surface area contributed by atoms with E-state index in [-0.39, 0.29) is 12.1 Å². The molecule has 0 aromatic carbocycles. The Balaban J connectivity index is 1.94. The van der Waals surface area contributed by atoms with Gasteiger partial charge in [-0.1, -0.05) is 0 Å². The molecule has 2 atom stereocenters. The van der Waals surface area contributed by atoms with E-state index in [0.717, 1.165) is 6.54 Å². The van der Waals surface area contributed by atoms with Crippen molar-refractivity contribution in [1.82, 2.24) is 20.4 Å². The molecule has 1 aromatic rings. The highest BCUT2D eigenvalue weighted by atomic mass is 16.4. The fraction of sp³-hybridized carbons (Fsp3) is 0.778. The van der Waals surface area contributed by atoms with E-state index in [1.165, 1.54) is 0 Å². The molecule has 84 valence electrons. The highest BCUT2D eigenvalue weighted by Crippen LogP contribution is 2.10. The molecule has 6 nitrogen and oxygen atoms in total. The van der Waals surface area contributed by atoms with E-state index in [4.69, 9.17) is 4.42 Å². The van der Waals surface area contributed by atoms with Crippen LogP contribution in [0.15, 0.2) is 4.42 Å². The van der Waals surface area contributed by atoms with Crippen molar-refractivity contribution in [1.29, 1.82) is 0 Å². The smallest absolute Gasteiger partial charge is 0.230 e. The first-order valence-electron chi connectivity index (χ1n) is 5.05. The van der Waals surface area contributed by atoms with Crippen molar-refractivity contribution in [2.75, 3.05) is 20.1 Å². The number of nitrogens with one attached hydrogen (secondary N) is 1. The average molecular weight is 212 g/mol. The zero-order valence-electron chi connectivity index (χ0n) is 8.97. The van der Waals surface area contributed by atoms with Crippen LogP contribution < -0.4 is 5.32 Å². The zero-order valence-corrected chi connectivity index (χ0v) is 8.97. The molecule has 0 amide bonds. The maximum Gasteiger partial charge on any atom is 0.230 e. The largest absolute Gasteiger partial charge is 0.424 e. The molecule has 0 radical (unpaired) electrons. The summed E-state index contributed by atoms with van der Waals surface area (Å²) in [5.74, 6) is 1.16. The molecule has 0 aliphatic carbocycles. The molecule has 1 saturated heterocycles. The normalized spacial score (nSPS) is 26.4. The Hall–Kier alpha value is -0.980. The lowest BCUT2D eigenvalue weighted by Crippen LogP contribution is -2.40. The van der Waals surface area contributed by atoms with Gasteiger partial charge in [0.15, 0.2) is 0 Å². The van der Waals surface area contributed by atoms with Crippen molar-refractivity contribution in [3.05, 3.63) is 11.8 Å². The number of rotatable bonds is 3. The van der Waals surface area contributed by atoms with Crippen LogP contribution in [0.25, 0.3) is 0 Å². The standard InChI is InChI=1S/C9H16N4O2/c1-6-11-12-9(15-6)5-13(2)7-3-10-4-8(7)14/h7-8,10,14H,3-5H2,1-2H3/t7-,8+/m1/s1. The minimum atomic E-state index is -0.320. The van der Waals surface area contributed by atoms with Crippen molar-refractivity contribution >= 4 is 0 Å². The van der Waals surface area contributed by atoms with E-state index in [1.54, 1.807) is 6.92 Å². The Kier molecular flexibility index (Phi) is 2.99. The molecule has 1 aliphatic heterocycles. The predicted molar refractivity (Wildman–Crippen MR) is 53.2 cm³/mol. The summed E-state index contributed by atoms with van der Waals surface area (Å²) in [5, 5.41) is 20.5. The SMILES string of the molecule is Cc1nnc(CN(C)[C@@H]2CNC[C@@H]2O)o1. The number of likely N-dealkylation sites (N-methyl/N-ethyl adjacent to an activating group) is 1. The maximum absolute atomic E-state index is 9.67. The van der Waals surface area contributed by atoms with Gasteiger partial charge in [0.25, 0.3) is 0 Å². The van der Waals surface area contributed by atoms with Gasteiger partial charge in [-0.05, 0) is 7.05 Å². The van der Waals surface area contributed by atoms with Crippen LogP contribution in [-0.2, 0) is 6.54 Å². The van der Waals surface area contributed by atoms with E-state index < -0.39 is 0 Å². The van der Waals surface area contributed by atoms with E-state index in [9.17, 15) is 5.11 Å². The molecule has 0 saturated carbocycles. The van der Waals surface area contributed by atoms with Crippen molar-refractivity contribution < 1.29 is 9.52 Å². The zero-order chi connectivity index (χ0) is 10.8. The van der Waals surface area contributed by atoms with Crippen LogP contribution in [-0.4, -0.2) is 52.5 Å². The third-order valence-corrected chi connectivity index (χ3v) is 2.67. The first kappa shape index (κ1) is 10.5. The second-order valence-electron chi connectivity index (χ2n) is 3.92. The fourth-order valence-electron chi connectivity index (χ4n) is 1.83. The van der Waals surface area contributed by atoms with Gasteiger partial charge in [-0.25, -0.2) is 0 Å². The Morgan fingerprint density at radius 3 is 2.87 bits per heavy atom. The van der Waals surface area contributed by atoms with Gasteiger partial charge in [-0.3, -0.25) is 4.90 Å². The molecular formula is C9H16N4O2. The monoisotopic (exact) mass is 212 g/mol. The quantitative estimate of drug-likeness (QED) is 0.679. The molecule has 6 heteroatoms. The third kappa shape index (κ3) is 2.34. The van der Waals surface area contributed by atoms with E-state index in [0.29, 0.717) is 24.9 Å². The number of aryl methyl sites for hydroxylation is 1. The molecule has 2 N–H and O–H groups in total. The van der Waals surface area contributed by atoms with Gasteiger partial charge in [0.1, 0.15) is 0 Å². The summed E-state index contributed by atoms with van der Waals surface area (Å²) in [4.78, 5) is 2.03. The van der Waals surface area contributed by atoms with Crippen LogP contribution >= 0.6 is 0 Å². The van der Waals surface area contributed by atoms with Crippen molar-refractivity contribution in [2.45, 2.75) is 25.6 Å². The summed E-state index contributed by atoms with van der Waals surface area (Å²) in [6.45, 7) is 3.79. The lowest BCUT2D eigenvalue weighted by atomic mass is 10.2. The first-order chi connectivity index (χ1) is 7.16. The van der Waals surface area contributed by atoms with Crippen LogP contribution in [0.4, 0.5) is 0 Å². The fourth-order valence-corrected chi connectivity index (χ4v) is 1.83. The average Bonchev–Trinajstić information content (AvgIpc) is 2.75. The number of aromatic nitrogens is 2. The summed E-state index contributed by atoms with van der Waals surface area (Å²) in [7, 11) is 1.94. The minimum absolute atomic E-state index is 0.122. The molecule has 2 heterocycles. The minimum Gasteiger partial charge on any atom is -0.424 e. The highest BCUT2D eigenvalue weighted by Gasteiger charge is 2.29. The van der Waals surface area contributed by atoms with Crippen LogP contribution in [0.3, 0.4) is 0 Å². The summed E-state index contributed by atoms with van der Waals surface area (Å²) in [5.41, 5.74) is 0. The second-order valence-corrected chi connectivity index (χ2v) is 3.92. The molecule has 0 spiro atoms. The first-order valence-corrected chi connectivity index (χ1v) is 5.05. The van der Waals surface area contributed by atoms with E-state index in [2.05, 4.69) is 15.5 Å². The molecule has 1 fully saturated rings. The summed E-state index contributed by atoms with van der Waals surface area (Å²) in [6.07, 6.45) is -0.320. The summed E-state index contributed by atoms with van der Waals surface area (Å²) in [6, 6.07) is 0.122. The number of hydrogen-bond acceptors (Lipinski definition) is 6. The van der Waals surface area contributed by atoms with E-state index in [1.807, 2.05) is 11.9 Å². The van der Waals surface area contributed by atoms with Gasteiger partial charge in [0, 0.05) is 26.1 Å². The lowest BCUT2D eigenvalue weighted by molar-refractivity contribution is 0.0903. The Morgan fingerprint density at radius 2 is 2.33 bits per heavy atom. The predicted octanol–water partition coefficient (Wildman–Crippen LogP) is -0.857. The Morgan fingerprint density at radius 1 is 1.53 bits per heavy atom. The number of β-amino-alcohol motifs (C(OH)–C–C–N with tert-alkyl or cyclic N) is 1. The van der Waals surface area contributed by atoms with Crippen LogP contribution in [0, 0.1) is 6.92 Å².